The Bertz CT molecular complexity index is 603. The number of methoxy groups -OCH3 is 3. The summed E-state index contributed by atoms with van der Waals surface area (Å²) in [7, 11) is 4.60. The van der Waals surface area contributed by atoms with Gasteiger partial charge in [0.25, 0.3) is 0 Å². The Morgan fingerprint density at radius 2 is 1.35 bits per heavy atom. The molecule has 0 radical (unpaired) electrons. The van der Waals surface area contributed by atoms with E-state index in [4.69, 9.17) is 14.2 Å². The van der Waals surface area contributed by atoms with Crippen LogP contribution in [0.25, 0.3) is 0 Å². The third-order valence-corrected chi connectivity index (χ3v) is 2.82. The van der Waals surface area contributed by atoms with Crippen molar-refractivity contribution in [1.82, 2.24) is 4.98 Å². The standard InChI is InChI=1S/C15H15NO4/c1-18-12-4-10(5-13(7-12)19-2)15(17)11-6-14(20-3)9-16-8-11/h4-9H,1-3H3. The molecule has 5 nitrogen and oxygen atoms in total. The zero-order valence-electron chi connectivity index (χ0n) is 11.5. The van der Waals surface area contributed by atoms with Crippen molar-refractivity contribution in [3.8, 4) is 17.2 Å². The molecular formula is C15H15NO4. The molecule has 0 spiro atoms. The quantitative estimate of drug-likeness (QED) is 0.783. The second kappa shape index (κ2) is 6.06. The molecule has 2 rings (SSSR count). The van der Waals surface area contributed by atoms with E-state index in [9.17, 15) is 4.79 Å². The summed E-state index contributed by atoms with van der Waals surface area (Å²) in [4.78, 5) is 16.4. The Kier molecular flexibility index (Phi) is 4.20. The first-order valence-electron chi connectivity index (χ1n) is 5.94. The van der Waals surface area contributed by atoms with Crippen molar-refractivity contribution in [2.45, 2.75) is 0 Å². The molecule has 2 aromatic rings. The Balaban J connectivity index is 2.41. The fourth-order valence-electron chi connectivity index (χ4n) is 1.76. The van der Waals surface area contributed by atoms with Crippen LogP contribution in [0.1, 0.15) is 15.9 Å². The van der Waals surface area contributed by atoms with E-state index in [0.29, 0.717) is 28.4 Å². The summed E-state index contributed by atoms with van der Waals surface area (Å²) >= 11 is 0. The molecule has 104 valence electrons. The minimum atomic E-state index is -0.173. The van der Waals surface area contributed by atoms with Crippen LogP contribution in [0.3, 0.4) is 0 Å². The van der Waals surface area contributed by atoms with E-state index in [2.05, 4.69) is 4.98 Å². The summed E-state index contributed by atoms with van der Waals surface area (Å²) in [5, 5.41) is 0. The Labute approximate surface area is 117 Å². The summed E-state index contributed by atoms with van der Waals surface area (Å²) in [6.45, 7) is 0. The van der Waals surface area contributed by atoms with Crippen molar-refractivity contribution in [1.29, 1.82) is 0 Å². The largest absolute Gasteiger partial charge is 0.497 e. The normalized spacial score (nSPS) is 9.95. The molecule has 0 fully saturated rings. The molecule has 0 saturated carbocycles. The summed E-state index contributed by atoms with van der Waals surface area (Å²) in [6, 6.07) is 6.66. The number of hydrogen-bond acceptors (Lipinski definition) is 5. The number of aromatic nitrogens is 1. The van der Waals surface area contributed by atoms with E-state index in [0.717, 1.165) is 0 Å². The summed E-state index contributed by atoms with van der Waals surface area (Å²) in [6.07, 6.45) is 3.04. The third-order valence-electron chi connectivity index (χ3n) is 2.82. The number of benzene rings is 1. The predicted molar refractivity (Wildman–Crippen MR) is 73.8 cm³/mol. The number of ketones is 1. The molecule has 1 aromatic heterocycles. The Morgan fingerprint density at radius 1 is 0.800 bits per heavy atom. The lowest BCUT2D eigenvalue weighted by Crippen LogP contribution is -2.03. The lowest BCUT2D eigenvalue weighted by Gasteiger charge is -2.08. The lowest BCUT2D eigenvalue weighted by atomic mass is 10.0. The molecule has 0 aliphatic rings. The van der Waals surface area contributed by atoms with Crippen LogP contribution in [-0.2, 0) is 0 Å². The fraction of sp³-hybridized carbons (Fsp3) is 0.200. The van der Waals surface area contributed by atoms with Crippen molar-refractivity contribution in [3.63, 3.8) is 0 Å². The Hall–Kier alpha value is -2.56. The number of hydrogen-bond donors (Lipinski definition) is 0. The maximum atomic E-state index is 12.4. The molecule has 1 heterocycles. The monoisotopic (exact) mass is 273 g/mol. The molecule has 20 heavy (non-hydrogen) atoms. The van der Waals surface area contributed by atoms with Crippen LogP contribution in [-0.4, -0.2) is 32.1 Å². The molecule has 1 aromatic carbocycles. The molecule has 0 bridgehead atoms. The first-order valence-corrected chi connectivity index (χ1v) is 5.94. The van der Waals surface area contributed by atoms with Crippen molar-refractivity contribution in [3.05, 3.63) is 47.8 Å². The van der Waals surface area contributed by atoms with E-state index < -0.39 is 0 Å². The van der Waals surface area contributed by atoms with Gasteiger partial charge in [-0.25, -0.2) is 0 Å². The zero-order chi connectivity index (χ0) is 14.5. The van der Waals surface area contributed by atoms with Gasteiger partial charge in [-0.2, -0.15) is 0 Å². The van der Waals surface area contributed by atoms with Crippen LogP contribution < -0.4 is 14.2 Å². The minimum Gasteiger partial charge on any atom is -0.497 e. The van der Waals surface area contributed by atoms with Crippen molar-refractivity contribution in [2.75, 3.05) is 21.3 Å². The molecule has 0 aliphatic carbocycles. The van der Waals surface area contributed by atoms with E-state index in [1.54, 1.807) is 30.5 Å². The SMILES string of the molecule is COc1cncc(C(=O)c2cc(OC)cc(OC)c2)c1. The van der Waals surface area contributed by atoms with Gasteiger partial charge < -0.3 is 14.2 Å². The van der Waals surface area contributed by atoms with Crippen molar-refractivity contribution in [2.24, 2.45) is 0 Å². The van der Waals surface area contributed by atoms with Gasteiger partial charge in [-0.15, -0.1) is 0 Å². The van der Waals surface area contributed by atoms with Crippen LogP contribution in [0.15, 0.2) is 36.7 Å². The van der Waals surface area contributed by atoms with Gasteiger partial charge in [-0.05, 0) is 18.2 Å². The number of pyridine rings is 1. The maximum Gasteiger partial charge on any atom is 0.194 e. The molecule has 0 atom stereocenters. The number of carbonyl (C=O) groups excluding carboxylic acids is 1. The van der Waals surface area contributed by atoms with Crippen LogP contribution >= 0.6 is 0 Å². The van der Waals surface area contributed by atoms with Gasteiger partial charge in [0.1, 0.15) is 17.2 Å². The molecule has 0 aliphatic heterocycles. The first kappa shape index (κ1) is 13.9. The fourth-order valence-corrected chi connectivity index (χ4v) is 1.76. The van der Waals surface area contributed by atoms with Gasteiger partial charge in [0, 0.05) is 23.4 Å². The molecule has 0 unspecified atom stereocenters. The molecular weight excluding hydrogens is 258 g/mol. The van der Waals surface area contributed by atoms with E-state index in [1.165, 1.54) is 27.5 Å². The van der Waals surface area contributed by atoms with E-state index in [1.807, 2.05) is 0 Å². The third kappa shape index (κ3) is 2.88. The van der Waals surface area contributed by atoms with Crippen LogP contribution in [0.4, 0.5) is 0 Å². The van der Waals surface area contributed by atoms with E-state index >= 15 is 0 Å². The average molecular weight is 273 g/mol. The van der Waals surface area contributed by atoms with Gasteiger partial charge in [0.2, 0.25) is 0 Å². The topological polar surface area (TPSA) is 57.7 Å². The highest BCUT2D eigenvalue weighted by Gasteiger charge is 2.13. The molecule has 5 heteroatoms. The van der Waals surface area contributed by atoms with Gasteiger partial charge >= 0.3 is 0 Å². The van der Waals surface area contributed by atoms with E-state index in [-0.39, 0.29) is 5.78 Å². The van der Waals surface area contributed by atoms with Crippen LogP contribution in [0, 0.1) is 0 Å². The minimum absolute atomic E-state index is 0.173. The number of carbonyl (C=O) groups is 1. The van der Waals surface area contributed by atoms with Gasteiger partial charge in [0.15, 0.2) is 5.78 Å². The second-order valence-electron chi connectivity index (χ2n) is 4.04. The highest BCUT2D eigenvalue weighted by molar-refractivity contribution is 6.09. The van der Waals surface area contributed by atoms with Gasteiger partial charge in [-0.3, -0.25) is 9.78 Å². The highest BCUT2D eigenvalue weighted by Crippen LogP contribution is 2.24. The Morgan fingerprint density at radius 3 is 1.90 bits per heavy atom. The molecule has 0 amide bonds. The first-order chi connectivity index (χ1) is 9.67. The molecule has 0 N–H and O–H groups in total. The van der Waals surface area contributed by atoms with Crippen LogP contribution in [0.5, 0.6) is 17.2 Å². The summed E-state index contributed by atoms with van der Waals surface area (Å²) < 4.78 is 15.4. The van der Waals surface area contributed by atoms with Crippen molar-refractivity contribution >= 4 is 5.78 Å². The smallest absolute Gasteiger partial charge is 0.194 e. The van der Waals surface area contributed by atoms with Gasteiger partial charge in [-0.1, -0.05) is 0 Å². The molecule has 0 saturated heterocycles. The maximum absolute atomic E-state index is 12.4. The second-order valence-corrected chi connectivity index (χ2v) is 4.04. The zero-order valence-corrected chi connectivity index (χ0v) is 11.5. The summed E-state index contributed by atoms with van der Waals surface area (Å²) in [5.74, 6) is 1.48. The number of ether oxygens (including phenoxy) is 3. The number of rotatable bonds is 5. The van der Waals surface area contributed by atoms with Gasteiger partial charge in [0.05, 0.1) is 27.5 Å². The van der Waals surface area contributed by atoms with Crippen molar-refractivity contribution < 1.29 is 19.0 Å². The lowest BCUT2D eigenvalue weighted by molar-refractivity contribution is 0.103. The highest BCUT2D eigenvalue weighted by atomic mass is 16.5. The average Bonchev–Trinajstić information content (AvgIpc) is 2.53. The van der Waals surface area contributed by atoms with Crippen LogP contribution in [0.2, 0.25) is 0 Å². The number of nitrogens with zero attached hydrogens (tertiary/aromatic N) is 1. The summed E-state index contributed by atoms with van der Waals surface area (Å²) in [5.41, 5.74) is 0.913. The predicted octanol–water partition coefficient (Wildman–Crippen LogP) is 2.34.